The highest BCUT2D eigenvalue weighted by molar-refractivity contribution is 6.18. The van der Waals surface area contributed by atoms with Crippen LogP contribution in [0.25, 0.3) is 0 Å². The molecule has 0 spiro atoms. The molecule has 0 aliphatic rings. The summed E-state index contributed by atoms with van der Waals surface area (Å²) < 4.78 is 4.48. The van der Waals surface area contributed by atoms with E-state index in [1.807, 2.05) is 0 Å². The lowest BCUT2D eigenvalue weighted by molar-refractivity contribution is -0.145. The van der Waals surface area contributed by atoms with Crippen LogP contribution < -0.4 is 0 Å². The third-order valence-electron chi connectivity index (χ3n) is 0.875. The Hall–Kier alpha value is -0.840. The first-order valence-corrected chi connectivity index (χ1v) is 3.51. The van der Waals surface area contributed by atoms with Crippen LogP contribution in [-0.4, -0.2) is 30.1 Å². The monoisotopic (exact) mass is 180 g/mol. The SMILES string of the molecule is CC(=O)OCN(CCCl)N=O. The minimum Gasteiger partial charge on any atom is -0.443 e. The number of hydrogen-bond acceptors (Lipinski definition) is 4. The van der Waals surface area contributed by atoms with Gasteiger partial charge in [-0.15, -0.1) is 16.5 Å². The van der Waals surface area contributed by atoms with Crippen molar-refractivity contribution in [2.75, 3.05) is 19.2 Å². The first-order valence-electron chi connectivity index (χ1n) is 2.98. The van der Waals surface area contributed by atoms with Crippen molar-refractivity contribution in [1.82, 2.24) is 5.01 Å². The molecule has 5 nitrogen and oxygen atoms in total. The number of ether oxygens (including phenoxy) is 1. The van der Waals surface area contributed by atoms with Crippen LogP contribution in [0.2, 0.25) is 0 Å². The van der Waals surface area contributed by atoms with Crippen LogP contribution in [0.15, 0.2) is 5.29 Å². The van der Waals surface area contributed by atoms with Crippen LogP contribution in [0.5, 0.6) is 0 Å². The molecule has 11 heavy (non-hydrogen) atoms. The predicted octanol–water partition coefficient (Wildman–Crippen LogP) is 0.729. The highest BCUT2D eigenvalue weighted by Crippen LogP contribution is 1.91. The molecule has 0 aromatic heterocycles. The Balaban J connectivity index is 3.51. The Morgan fingerprint density at radius 3 is 2.73 bits per heavy atom. The summed E-state index contributed by atoms with van der Waals surface area (Å²) in [6.07, 6.45) is 0. The van der Waals surface area contributed by atoms with Crippen molar-refractivity contribution in [3.63, 3.8) is 0 Å². The molecule has 0 saturated heterocycles. The lowest BCUT2D eigenvalue weighted by Gasteiger charge is -2.11. The number of nitroso groups, excluding NO2 is 1. The largest absolute Gasteiger partial charge is 0.443 e. The molecule has 0 unspecified atom stereocenters. The average Bonchev–Trinajstić information content (AvgIpc) is 1.97. The zero-order chi connectivity index (χ0) is 8.69. The first kappa shape index (κ1) is 10.2. The van der Waals surface area contributed by atoms with Gasteiger partial charge in [-0.05, 0) is 0 Å². The van der Waals surface area contributed by atoms with Gasteiger partial charge in [0.25, 0.3) is 0 Å². The minimum atomic E-state index is -0.451. The van der Waals surface area contributed by atoms with Gasteiger partial charge in [0.05, 0.1) is 11.8 Å². The fourth-order valence-corrected chi connectivity index (χ4v) is 0.587. The number of nitrogens with zero attached hydrogens (tertiary/aromatic N) is 2. The molecule has 0 radical (unpaired) electrons. The molecule has 0 bridgehead atoms. The predicted molar refractivity (Wildman–Crippen MR) is 39.9 cm³/mol. The highest BCUT2D eigenvalue weighted by atomic mass is 35.5. The normalized spacial score (nSPS) is 8.91. The number of alkyl halides is 1. The molecule has 0 atom stereocenters. The average molecular weight is 181 g/mol. The van der Waals surface area contributed by atoms with E-state index in [0.29, 0.717) is 0 Å². The number of carbonyl (C=O) groups is 1. The van der Waals surface area contributed by atoms with Crippen LogP contribution >= 0.6 is 11.6 Å². The van der Waals surface area contributed by atoms with E-state index in [1.54, 1.807) is 0 Å². The van der Waals surface area contributed by atoms with E-state index in [9.17, 15) is 9.70 Å². The Bertz CT molecular complexity index is 142. The second-order valence-electron chi connectivity index (χ2n) is 1.77. The van der Waals surface area contributed by atoms with Crippen LogP contribution in [0.4, 0.5) is 0 Å². The quantitative estimate of drug-likeness (QED) is 0.206. The molecule has 0 N–H and O–H groups in total. The van der Waals surface area contributed by atoms with Crippen molar-refractivity contribution in [2.24, 2.45) is 5.29 Å². The maximum atomic E-state index is 10.2. The molecule has 0 aliphatic carbocycles. The van der Waals surface area contributed by atoms with Crippen LogP contribution in [0.3, 0.4) is 0 Å². The summed E-state index contributed by atoms with van der Waals surface area (Å²) in [5.74, 6) is -0.180. The van der Waals surface area contributed by atoms with Crippen molar-refractivity contribution in [1.29, 1.82) is 0 Å². The summed E-state index contributed by atoms with van der Waals surface area (Å²) in [4.78, 5) is 20.2. The first-order chi connectivity index (χ1) is 5.20. The van der Waals surface area contributed by atoms with Crippen molar-refractivity contribution in [3.8, 4) is 0 Å². The molecule has 64 valence electrons. The van der Waals surface area contributed by atoms with Crippen LogP contribution in [-0.2, 0) is 9.53 Å². The van der Waals surface area contributed by atoms with Gasteiger partial charge in [-0.3, -0.25) is 4.79 Å². The number of esters is 1. The van der Waals surface area contributed by atoms with Gasteiger partial charge >= 0.3 is 5.97 Å². The molecule has 0 saturated carbocycles. The molecule has 0 amide bonds. The number of halogens is 1. The van der Waals surface area contributed by atoms with E-state index in [1.165, 1.54) is 6.92 Å². The highest BCUT2D eigenvalue weighted by Gasteiger charge is 2.02. The van der Waals surface area contributed by atoms with Gasteiger partial charge in [0.15, 0.2) is 6.73 Å². The van der Waals surface area contributed by atoms with Gasteiger partial charge in [0.1, 0.15) is 0 Å². The molecule has 0 aromatic rings. The maximum absolute atomic E-state index is 10.2. The summed E-state index contributed by atoms with van der Waals surface area (Å²) >= 11 is 5.31. The summed E-state index contributed by atoms with van der Waals surface area (Å²) in [5, 5.41) is 3.59. The van der Waals surface area contributed by atoms with E-state index in [2.05, 4.69) is 10.0 Å². The second kappa shape index (κ2) is 5.91. The molecule has 0 aliphatic heterocycles. The van der Waals surface area contributed by atoms with Gasteiger partial charge in [0.2, 0.25) is 0 Å². The minimum absolute atomic E-state index is 0.133. The smallest absolute Gasteiger partial charge is 0.304 e. The Morgan fingerprint density at radius 1 is 1.73 bits per heavy atom. The Kier molecular flexibility index (Phi) is 5.46. The van der Waals surface area contributed by atoms with Gasteiger partial charge < -0.3 is 4.74 Å². The number of hydrogen-bond donors (Lipinski definition) is 0. The summed E-state index contributed by atoms with van der Waals surface area (Å²) in [5.41, 5.74) is 0. The van der Waals surface area contributed by atoms with Crippen molar-refractivity contribution in [2.45, 2.75) is 6.92 Å². The van der Waals surface area contributed by atoms with E-state index in [-0.39, 0.29) is 19.2 Å². The van der Waals surface area contributed by atoms with Gasteiger partial charge in [-0.2, -0.15) is 0 Å². The van der Waals surface area contributed by atoms with E-state index in [0.717, 1.165) is 5.01 Å². The lowest BCUT2D eigenvalue weighted by Crippen LogP contribution is -2.23. The standard InChI is InChI=1S/C5H9ClN2O3/c1-5(9)11-4-8(7-10)3-2-6/h2-4H2,1H3. The fraction of sp³-hybridized carbons (Fsp3) is 0.800. The maximum Gasteiger partial charge on any atom is 0.304 e. The summed E-state index contributed by atoms with van der Waals surface area (Å²) in [6, 6.07) is 0. The molecule has 0 fully saturated rings. The molecule has 0 aromatic carbocycles. The third kappa shape index (κ3) is 5.60. The van der Waals surface area contributed by atoms with Gasteiger partial charge in [-0.1, -0.05) is 0 Å². The molecular formula is C5H9ClN2O3. The molecule has 6 heteroatoms. The number of rotatable bonds is 5. The lowest BCUT2D eigenvalue weighted by atomic mass is 10.7. The van der Waals surface area contributed by atoms with E-state index in [4.69, 9.17) is 11.6 Å². The van der Waals surface area contributed by atoms with Crippen molar-refractivity contribution in [3.05, 3.63) is 4.91 Å². The van der Waals surface area contributed by atoms with Crippen LogP contribution in [0, 0.1) is 4.91 Å². The molecule has 0 rings (SSSR count). The van der Waals surface area contributed by atoms with Gasteiger partial charge in [0, 0.05) is 12.8 Å². The fourth-order valence-electron chi connectivity index (χ4n) is 0.392. The summed E-state index contributed by atoms with van der Waals surface area (Å²) in [6.45, 7) is 1.40. The van der Waals surface area contributed by atoms with Crippen molar-refractivity contribution >= 4 is 17.6 Å². The zero-order valence-electron chi connectivity index (χ0n) is 6.12. The van der Waals surface area contributed by atoms with E-state index < -0.39 is 5.97 Å². The summed E-state index contributed by atoms with van der Waals surface area (Å²) in [7, 11) is 0. The topological polar surface area (TPSA) is 59.0 Å². The third-order valence-corrected chi connectivity index (χ3v) is 1.04. The van der Waals surface area contributed by atoms with Gasteiger partial charge in [-0.25, -0.2) is 5.01 Å². The number of carbonyl (C=O) groups excluding carboxylic acids is 1. The molecule has 0 heterocycles. The zero-order valence-corrected chi connectivity index (χ0v) is 6.87. The van der Waals surface area contributed by atoms with Crippen LogP contribution in [0.1, 0.15) is 6.92 Å². The Morgan fingerprint density at radius 2 is 2.36 bits per heavy atom. The molecular weight excluding hydrogens is 172 g/mol. The Labute approximate surface area is 69.2 Å². The second-order valence-corrected chi connectivity index (χ2v) is 2.14. The van der Waals surface area contributed by atoms with E-state index >= 15 is 0 Å². The van der Waals surface area contributed by atoms with Crippen molar-refractivity contribution < 1.29 is 9.53 Å².